The van der Waals surface area contributed by atoms with E-state index in [0.29, 0.717) is 79.8 Å². The number of aromatic nitrogens is 2. The lowest BCUT2D eigenvalue weighted by molar-refractivity contribution is -1.11. The van der Waals surface area contributed by atoms with Crippen molar-refractivity contribution >= 4 is 34.0 Å². The number of hydrogen-bond acceptors (Lipinski definition) is 7. The van der Waals surface area contributed by atoms with Crippen molar-refractivity contribution in [1.29, 1.82) is 0 Å². The molecule has 8 nitrogen and oxygen atoms in total. The number of nitrogens with zero attached hydrogens (tertiary/aromatic N) is 3. The van der Waals surface area contributed by atoms with Crippen LogP contribution in [0, 0.1) is 5.82 Å². The molecule has 1 aromatic heterocycles. The highest BCUT2D eigenvalue weighted by Gasteiger charge is 2.28. The fraction of sp³-hybridized carbons (Fsp3) is 0.364. The fourth-order valence-electron chi connectivity index (χ4n) is 3.59. The molecule has 32 heavy (non-hydrogen) atoms. The number of hydrogen-bond donors (Lipinski definition) is 2. The molecule has 3 aromatic rings. The van der Waals surface area contributed by atoms with E-state index in [1.165, 1.54) is 18.5 Å². The minimum atomic E-state index is -0.491. The molecular weight excluding hydrogens is 439 g/mol. The summed E-state index contributed by atoms with van der Waals surface area (Å²) < 4.78 is 30.2. The molecular formula is C22H25ClFN4O4+. The van der Waals surface area contributed by atoms with Crippen molar-refractivity contribution in [2.45, 2.75) is 6.42 Å². The quantitative estimate of drug-likeness (QED) is 0.383. The summed E-state index contributed by atoms with van der Waals surface area (Å²) in [5.74, 6) is 1.13. The van der Waals surface area contributed by atoms with E-state index in [1.54, 1.807) is 25.3 Å². The Bertz CT molecular complexity index is 1090. The van der Waals surface area contributed by atoms with Crippen LogP contribution in [-0.2, 0) is 4.74 Å². The summed E-state index contributed by atoms with van der Waals surface area (Å²) in [5, 5.41) is 14.4. The Labute approximate surface area is 190 Å². The standard InChI is InChI=1S/C22H25ClFN4O4/c1-30-20-13-19-16(12-21(20)32-8-2-5-28(29)6-9-31-10-7-28)22(26-14-25-19)27-15-3-4-18(24)17(23)11-15/h3-4,11-14,29H,2,5-10H2,1H3,(H,25,26,27)/q+1. The highest BCUT2D eigenvalue weighted by atomic mass is 35.5. The second-order valence-corrected chi connectivity index (χ2v) is 7.98. The zero-order valence-corrected chi connectivity index (χ0v) is 18.4. The minimum Gasteiger partial charge on any atom is -0.493 e. The van der Waals surface area contributed by atoms with Gasteiger partial charge in [-0.1, -0.05) is 11.6 Å². The lowest BCUT2D eigenvalue weighted by Crippen LogP contribution is -2.53. The summed E-state index contributed by atoms with van der Waals surface area (Å²) in [6.07, 6.45) is 2.10. The van der Waals surface area contributed by atoms with E-state index in [0.717, 1.165) is 0 Å². The third-order valence-corrected chi connectivity index (χ3v) is 5.67. The molecule has 1 saturated heterocycles. The highest BCUT2D eigenvalue weighted by Crippen LogP contribution is 2.35. The van der Waals surface area contributed by atoms with Crippen LogP contribution < -0.4 is 14.8 Å². The maximum Gasteiger partial charge on any atom is 0.162 e. The molecule has 0 amide bonds. The van der Waals surface area contributed by atoms with Gasteiger partial charge in [0.05, 0.1) is 37.5 Å². The van der Waals surface area contributed by atoms with Crippen LogP contribution in [0.2, 0.25) is 5.02 Å². The second kappa shape index (κ2) is 9.83. The van der Waals surface area contributed by atoms with Gasteiger partial charge in [-0.15, -0.1) is 0 Å². The Morgan fingerprint density at radius 3 is 2.75 bits per heavy atom. The number of benzene rings is 2. The zero-order valence-electron chi connectivity index (χ0n) is 17.7. The lowest BCUT2D eigenvalue weighted by atomic mass is 10.2. The average Bonchev–Trinajstić information content (AvgIpc) is 2.79. The summed E-state index contributed by atoms with van der Waals surface area (Å²) >= 11 is 5.89. The molecule has 0 spiro atoms. The predicted molar refractivity (Wildman–Crippen MR) is 118 cm³/mol. The summed E-state index contributed by atoms with van der Waals surface area (Å²) in [5.41, 5.74) is 1.25. The van der Waals surface area contributed by atoms with E-state index in [1.807, 2.05) is 0 Å². The molecule has 10 heteroatoms. The van der Waals surface area contributed by atoms with Crippen LogP contribution in [0.15, 0.2) is 36.7 Å². The van der Waals surface area contributed by atoms with Crippen molar-refractivity contribution in [1.82, 2.24) is 9.97 Å². The molecule has 2 N–H and O–H groups in total. The third kappa shape index (κ3) is 5.18. The normalized spacial score (nSPS) is 15.5. The topological polar surface area (TPSA) is 85.7 Å². The molecule has 0 saturated carbocycles. The van der Waals surface area contributed by atoms with E-state index in [9.17, 15) is 9.60 Å². The maximum atomic E-state index is 13.5. The van der Waals surface area contributed by atoms with Crippen molar-refractivity contribution in [2.24, 2.45) is 0 Å². The van der Waals surface area contributed by atoms with E-state index in [-0.39, 0.29) is 9.67 Å². The second-order valence-electron chi connectivity index (χ2n) is 7.58. The number of fused-ring (bicyclic) bond motifs is 1. The summed E-state index contributed by atoms with van der Waals surface area (Å²) in [6, 6.07) is 7.94. The Hall–Kier alpha value is -2.72. The van der Waals surface area contributed by atoms with E-state index < -0.39 is 5.82 Å². The molecule has 0 atom stereocenters. The molecule has 1 aliphatic rings. The number of anilines is 2. The van der Waals surface area contributed by atoms with Gasteiger partial charge in [0, 0.05) is 23.6 Å². The van der Waals surface area contributed by atoms with Crippen molar-refractivity contribution < 1.29 is 28.5 Å². The molecule has 2 heterocycles. The first-order chi connectivity index (χ1) is 15.5. The van der Waals surface area contributed by atoms with Gasteiger partial charge >= 0.3 is 0 Å². The predicted octanol–water partition coefficient (Wildman–Crippen LogP) is 4.18. The van der Waals surface area contributed by atoms with Crippen molar-refractivity contribution in [2.75, 3.05) is 51.9 Å². The smallest absolute Gasteiger partial charge is 0.162 e. The number of nitrogens with one attached hydrogen (secondary N) is 1. The van der Waals surface area contributed by atoms with Gasteiger partial charge in [-0.25, -0.2) is 19.6 Å². The molecule has 0 bridgehead atoms. The summed E-state index contributed by atoms with van der Waals surface area (Å²) in [6.45, 7) is 3.28. The van der Waals surface area contributed by atoms with E-state index in [4.69, 9.17) is 25.8 Å². The van der Waals surface area contributed by atoms with Crippen LogP contribution in [0.1, 0.15) is 6.42 Å². The first-order valence-electron chi connectivity index (χ1n) is 10.3. The summed E-state index contributed by atoms with van der Waals surface area (Å²) in [7, 11) is 1.57. The van der Waals surface area contributed by atoms with Crippen molar-refractivity contribution in [3.8, 4) is 11.5 Å². The number of quaternary nitrogens is 1. The third-order valence-electron chi connectivity index (χ3n) is 5.38. The van der Waals surface area contributed by atoms with Crippen LogP contribution in [0.5, 0.6) is 11.5 Å². The SMILES string of the molecule is COc1cc2ncnc(Nc3ccc(F)c(Cl)c3)c2cc1OCCC[N+]1(O)CCOCC1. The summed E-state index contributed by atoms with van der Waals surface area (Å²) in [4.78, 5) is 8.63. The van der Waals surface area contributed by atoms with Crippen LogP contribution >= 0.6 is 11.6 Å². The first-order valence-corrected chi connectivity index (χ1v) is 10.7. The van der Waals surface area contributed by atoms with E-state index in [2.05, 4.69) is 15.3 Å². The van der Waals surface area contributed by atoms with Gasteiger partial charge in [-0.3, -0.25) is 0 Å². The van der Waals surface area contributed by atoms with Gasteiger partial charge in [0.2, 0.25) is 0 Å². The zero-order chi connectivity index (χ0) is 22.6. The average molecular weight is 464 g/mol. The Morgan fingerprint density at radius 1 is 1.19 bits per heavy atom. The number of ether oxygens (including phenoxy) is 3. The van der Waals surface area contributed by atoms with Gasteiger partial charge in [0.25, 0.3) is 0 Å². The van der Waals surface area contributed by atoms with Gasteiger partial charge < -0.3 is 19.5 Å². The Balaban J connectivity index is 1.51. The van der Waals surface area contributed by atoms with Crippen LogP contribution in [0.25, 0.3) is 10.9 Å². The van der Waals surface area contributed by atoms with E-state index >= 15 is 0 Å². The molecule has 4 rings (SSSR count). The number of hydroxylamine groups is 3. The van der Waals surface area contributed by atoms with Crippen LogP contribution in [0.4, 0.5) is 15.9 Å². The van der Waals surface area contributed by atoms with Gasteiger partial charge in [0.1, 0.15) is 37.6 Å². The minimum absolute atomic E-state index is 0.000350. The molecule has 0 radical (unpaired) electrons. The lowest BCUT2D eigenvalue weighted by Gasteiger charge is -2.33. The first kappa shape index (κ1) is 22.5. The molecule has 0 aliphatic carbocycles. The molecule has 170 valence electrons. The van der Waals surface area contributed by atoms with Crippen molar-refractivity contribution in [3.05, 3.63) is 47.5 Å². The number of morpholine rings is 1. The number of halogens is 2. The molecule has 2 aromatic carbocycles. The highest BCUT2D eigenvalue weighted by molar-refractivity contribution is 6.31. The van der Waals surface area contributed by atoms with Crippen LogP contribution in [-0.4, -0.2) is 66.4 Å². The Morgan fingerprint density at radius 2 is 2.00 bits per heavy atom. The van der Waals surface area contributed by atoms with Crippen LogP contribution in [0.3, 0.4) is 0 Å². The largest absolute Gasteiger partial charge is 0.493 e. The molecule has 1 fully saturated rings. The maximum absolute atomic E-state index is 13.5. The van der Waals surface area contributed by atoms with Gasteiger partial charge in [-0.2, -0.15) is 4.65 Å². The Kier molecular flexibility index (Phi) is 6.90. The fourth-order valence-corrected chi connectivity index (χ4v) is 3.77. The van der Waals surface area contributed by atoms with Gasteiger partial charge in [0.15, 0.2) is 11.5 Å². The van der Waals surface area contributed by atoms with Gasteiger partial charge in [-0.05, 0) is 24.3 Å². The molecule has 1 aliphatic heterocycles. The molecule has 0 unspecified atom stereocenters. The van der Waals surface area contributed by atoms with Crippen molar-refractivity contribution in [3.63, 3.8) is 0 Å². The monoisotopic (exact) mass is 463 g/mol. The number of methoxy groups -OCH3 is 1. The number of rotatable bonds is 8.